The second-order valence-electron chi connectivity index (χ2n) is 5.28. The molecule has 0 aliphatic heterocycles. The summed E-state index contributed by atoms with van der Waals surface area (Å²) in [5.41, 5.74) is 0. The van der Waals surface area contributed by atoms with Gasteiger partial charge in [-0.15, -0.1) is 0 Å². The Kier molecular flexibility index (Phi) is 4.04. The molecule has 2 nitrogen and oxygen atoms in total. The van der Waals surface area contributed by atoms with Crippen molar-refractivity contribution in [2.75, 3.05) is 7.11 Å². The molecule has 0 spiro atoms. The molecule has 0 radical (unpaired) electrons. The highest BCUT2D eigenvalue weighted by Gasteiger charge is 2.39. The van der Waals surface area contributed by atoms with E-state index in [1.165, 1.54) is 51.4 Å². The van der Waals surface area contributed by atoms with E-state index in [1.54, 1.807) is 7.11 Å². The zero-order chi connectivity index (χ0) is 10.7. The molecule has 0 aromatic carbocycles. The fourth-order valence-electron chi connectivity index (χ4n) is 2.96. The standard InChI is InChI=1S/C13H24O2/c1-15-13(11-8-9-11)12(14)10-6-4-2-3-5-7-10/h10-14H,2-9H2,1H3. The zero-order valence-corrected chi connectivity index (χ0v) is 9.82. The number of methoxy groups -OCH3 is 1. The van der Waals surface area contributed by atoms with Crippen molar-refractivity contribution in [1.82, 2.24) is 0 Å². The topological polar surface area (TPSA) is 29.5 Å². The van der Waals surface area contributed by atoms with Gasteiger partial charge in [0.2, 0.25) is 0 Å². The van der Waals surface area contributed by atoms with Crippen LogP contribution in [-0.4, -0.2) is 24.4 Å². The SMILES string of the molecule is COC(C1CC1)C(O)C1CCCCCC1. The van der Waals surface area contributed by atoms with E-state index in [-0.39, 0.29) is 12.2 Å². The maximum Gasteiger partial charge on any atom is 0.0860 e. The molecule has 2 saturated carbocycles. The molecule has 2 aliphatic carbocycles. The molecule has 2 atom stereocenters. The van der Waals surface area contributed by atoms with Gasteiger partial charge in [0.15, 0.2) is 0 Å². The lowest BCUT2D eigenvalue weighted by Crippen LogP contribution is -2.36. The van der Waals surface area contributed by atoms with Crippen molar-refractivity contribution in [2.24, 2.45) is 11.8 Å². The molecule has 0 heterocycles. The summed E-state index contributed by atoms with van der Waals surface area (Å²) in [5.74, 6) is 1.14. The van der Waals surface area contributed by atoms with E-state index in [0.29, 0.717) is 11.8 Å². The van der Waals surface area contributed by atoms with Gasteiger partial charge < -0.3 is 9.84 Å². The average molecular weight is 212 g/mol. The molecule has 88 valence electrons. The van der Waals surface area contributed by atoms with E-state index in [1.807, 2.05) is 0 Å². The Morgan fingerprint density at radius 1 is 0.933 bits per heavy atom. The minimum atomic E-state index is -0.208. The van der Waals surface area contributed by atoms with Gasteiger partial charge in [-0.1, -0.05) is 25.7 Å². The average Bonchev–Trinajstić information content (AvgIpc) is 3.05. The van der Waals surface area contributed by atoms with Crippen LogP contribution in [-0.2, 0) is 4.74 Å². The van der Waals surface area contributed by atoms with Gasteiger partial charge in [0.25, 0.3) is 0 Å². The van der Waals surface area contributed by atoms with Crippen LogP contribution in [0.15, 0.2) is 0 Å². The molecule has 2 aliphatic rings. The summed E-state index contributed by atoms with van der Waals surface area (Å²) in [4.78, 5) is 0. The lowest BCUT2D eigenvalue weighted by atomic mass is 9.89. The molecular formula is C13H24O2. The van der Waals surface area contributed by atoms with Crippen molar-refractivity contribution in [1.29, 1.82) is 0 Å². The molecule has 2 heteroatoms. The molecule has 2 rings (SSSR count). The molecule has 0 bridgehead atoms. The van der Waals surface area contributed by atoms with Gasteiger partial charge in [0.1, 0.15) is 0 Å². The smallest absolute Gasteiger partial charge is 0.0860 e. The van der Waals surface area contributed by atoms with Crippen LogP contribution in [0.4, 0.5) is 0 Å². The largest absolute Gasteiger partial charge is 0.390 e. The van der Waals surface area contributed by atoms with Crippen molar-refractivity contribution in [3.63, 3.8) is 0 Å². The second-order valence-corrected chi connectivity index (χ2v) is 5.28. The van der Waals surface area contributed by atoms with Gasteiger partial charge in [0.05, 0.1) is 12.2 Å². The van der Waals surface area contributed by atoms with E-state index in [2.05, 4.69) is 0 Å². The Labute approximate surface area is 93.0 Å². The fraction of sp³-hybridized carbons (Fsp3) is 1.00. The van der Waals surface area contributed by atoms with Gasteiger partial charge in [-0.3, -0.25) is 0 Å². The number of hydrogen-bond donors (Lipinski definition) is 1. The monoisotopic (exact) mass is 212 g/mol. The third kappa shape index (κ3) is 2.94. The van der Waals surface area contributed by atoms with E-state index in [9.17, 15) is 5.11 Å². The summed E-state index contributed by atoms with van der Waals surface area (Å²) in [6.07, 6.45) is 10.1. The highest BCUT2D eigenvalue weighted by Crippen LogP contribution is 2.39. The maximum atomic E-state index is 10.3. The number of rotatable bonds is 4. The highest BCUT2D eigenvalue weighted by molar-refractivity contribution is 4.89. The van der Waals surface area contributed by atoms with Crippen molar-refractivity contribution in [2.45, 2.75) is 63.6 Å². The first-order valence-electron chi connectivity index (χ1n) is 6.54. The molecule has 15 heavy (non-hydrogen) atoms. The first kappa shape index (κ1) is 11.4. The first-order valence-corrected chi connectivity index (χ1v) is 6.54. The summed E-state index contributed by atoms with van der Waals surface area (Å²) in [5, 5.41) is 10.3. The lowest BCUT2D eigenvalue weighted by molar-refractivity contribution is -0.0555. The van der Waals surface area contributed by atoms with E-state index in [4.69, 9.17) is 4.74 Å². The highest BCUT2D eigenvalue weighted by atomic mass is 16.5. The lowest BCUT2D eigenvalue weighted by Gasteiger charge is -2.28. The van der Waals surface area contributed by atoms with Crippen LogP contribution in [0, 0.1) is 11.8 Å². The fourth-order valence-corrected chi connectivity index (χ4v) is 2.96. The van der Waals surface area contributed by atoms with Crippen LogP contribution in [0.1, 0.15) is 51.4 Å². The van der Waals surface area contributed by atoms with Crippen LogP contribution in [0.25, 0.3) is 0 Å². The molecule has 0 aromatic heterocycles. The van der Waals surface area contributed by atoms with Gasteiger partial charge in [-0.05, 0) is 37.5 Å². The van der Waals surface area contributed by atoms with Crippen molar-refractivity contribution >= 4 is 0 Å². The van der Waals surface area contributed by atoms with Crippen LogP contribution >= 0.6 is 0 Å². The van der Waals surface area contributed by atoms with Gasteiger partial charge in [-0.25, -0.2) is 0 Å². The Morgan fingerprint density at radius 2 is 1.53 bits per heavy atom. The number of hydrogen-bond acceptors (Lipinski definition) is 2. The second kappa shape index (κ2) is 5.31. The molecule has 2 unspecified atom stereocenters. The number of aliphatic hydroxyl groups excluding tert-OH is 1. The predicted octanol–water partition coefficient (Wildman–Crippen LogP) is 2.74. The Bertz CT molecular complexity index is 181. The molecular weight excluding hydrogens is 188 g/mol. The Balaban J connectivity index is 1.88. The summed E-state index contributed by atoms with van der Waals surface area (Å²) < 4.78 is 5.48. The summed E-state index contributed by atoms with van der Waals surface area (Å²) in [7, 11) is 1.75. The normalized spacial score (nSPS) is 28.4. The quantitative estimate of drug-likeness (QED) is 0.726. The molecule has 2 fully saturated rings. The molecule has 0 amide bonds. The van der Waals surface area contributed by atoms with E-state index < -0.39 is 0 Å². The third-order valence-electron chi connectivity index (χ3n) is 4.08. The third-order valence-corrected chi connectivity index (χ3v) is 4.08. The van der Waals surface area contributed by atoms with E-state index >= 15 is 0 Å². The van der Waals surface area contributed by atoms with Crippen molar-refractivity contribution < 1.29 is 9.84 Å². The van der Waals surface area contributed by atoms with E-state index in [0.717, 1.165) is 0 Å². The van der Waals surface area contributed by atoms with Crippen LogP contribution in [0.2, 0.25) is 0 Å². The minimum Gasteiger partial charge on any atom is -0.390 e. The van der Waals surface area contributed by atoms with Gasteiger partial charge in [-0.2, -0.15) is 0 Å². The maximum absolute atomic E-state index is 10.3. The van der Waals surface area contributed by atoms with Crippen LogP contribution in [0.5, 0.6) is 0 Å². The minimum absolute atomic E-state index is 0.119. The van der Waals surface area contributed by atoms with Crippen molar-refractivity contribution in [3.05, 3.63) is 0 Å². The Hall–Kier alpha value is -0.0800. The van der Waals surface area contributed by atoms with Gasteiger partial charge >= 0.3 is 0 Å². The van der Waals surface area contributed by atoms with Crippen LogP contribution < -0.4 is 0 Å². The van der Waals surface area contributed by atoms with Crippen LogP contribution in [0.3, 0.4) is 0 Å². The van der Waals surface area contributed by atoms with Crippen molar-refractivity contribution in [3.8, 4) is 0 Å². The predicted molar refractivity (Wildman–Crippen MR) is 60.7 cm³/mol. The number of aliphatic hydroxyl groups is 1. The Morgan fingerprint density at radius 3 is 2.00 bits per heavy atom. The molecule has 0 aromatic rings. The summed E-state index contributed by atoms with van der Waals surface area (Å²) in [6.45, 7) is 0. The molecule has 1 N–H and O–H groups in total. The summed E-state index contributed by atoms with van der Waals surface area (Å²) in [6, 6.07) is 0. The summed E-state index contributed by atoms with van der Waals surface area (Å²) >= 11 is 0. The zero-order valence-electron chi connectivity index (χ0n) is 9.82. The first-order chi connectivity index (χ1) is 7.33. The van der Waals surface area contributed by atoms with Gasteiger partial charge in [0, 0.05) is 7.11 Å². The number of ether oxygens (including phenoxy) is 1. The molecule has 0 saturated heterocycles.